The molecule has 104 valence electrons. The lowest BCUT2D eigenvalue weighted by atomic mass is 10.2. The zero-order valence-electron chi connectivity index (χ0n) is 11.0. The molecule has 0 aliphatic rings. The molecule has 3 nitrogen and oxygen atoms in total. The summed E-state index contributed by atoms with van der Waals surface area (Å²) in [6.45, 7) is 1.98. The summed E-state index contributed by atoms with van der Waals surface area (Å²) < 4.78 is 0. The SMILES string of the molecule is Cc1cc(N)ccc1SCC(=O)Nc1ccc(Cl)cc1. The molecule has 0 heterocycles. The summed E-state index contributed by atoms with van der Waals surface area (Å²) in [5.74, 6) is 0.307. The van der Waals surface area contributed by atoms with Crippen LogP contribution in [0, 0.1) is 6.92 Å². The first-order valence-electron chi connectivity index (χ1n) is 6.09. The standard InChI is InChI=1S/C15H15ClN2OS/c1-10-8-12(17)4-7-14(10)20-9-15(19)18-13-5-2-11(16)3-6-13/h2-8H,9,17H2,1H3,(H,18,19). The number of nitrogen functional groups attached to an aromatic ring is 1. The Morgan fingerprint density at radius 3 is 2.60 bits per heavy atom. The lowest BCUT2D eigenvalue weighted by Crippen LogP contribution is -2.13. The van der Waals surface area contributed by atoms with Gasteiger partial charge < -0.3 is 11.1 Å². The number of carbonyl (C=O) groups excluding carboxylic acids is 1. The fourth-order valence-electron chi connectivity index (χ4n) is 1.71. The Kier molecular flexibility index (Phi) is 4.93. The summed E-state index contributed by atoms with van der Waals surface area (Å²) in [5, 5.41) is 3.48. The average Bonchev–Trinajstić information content (AvgIpc) is 2.40. The Morgan fingerprint density at radius 1 is 1.25 bits per heavy atom. The molecule has 0 aliphatic heterocycles. The molecule has 0 saturated heterocycles. The van der Waals surface area contributed by atoms with Crippen molar-refractivity contribution in [1.29, 1.82) is 0 Å². The molecular formula is C15H15ClN2OS. The number of anilines is 2. The zero-order chi connectivity index (χ0) is 14.5. The number of carbonyl (C=O) groups is 1. The molecule has 0 atom stereocenters. The molecule has 0 radical (unpaired) electrons. The first kappa shape index (κ1) is 14.8. The van der Waals surface area contributed by atoms with Crippen LogP contribution in [0.4, 0.5) is 11.4 Å². The number of halogens is 1. The van der Waals surface area contributed by atoms with E-state index in [9.17, 15) is 4.79 Å². The molecule has 3 N–H and O–H groups in total. The first-order chi connectivity index (χ1) is 9.54. The number of aryl methyl sites for hydroxylation is 1. The number of nitrogens with one attached hydrogen (secondary N) is 1. The summed E-state index contributed by atoms with van der Waals surface area (Å²) in [6.07, 6.45) is 0. The van der Waals surface area contributed by atoms with E-state index in [0.29, 0.717) is 10.8 Å². The van der Waals surface area contributed by atoms with E-state index in [2.05, 4.69) is 5.32 Å². The largest absolute Gasteiger partial charge is 0.399 e. The van der Waals surface area contributed by atoms with Gasteiger partial charge in [0.2, 0.25) is 5.91 Å². The van der Waals surface area contributed by atoms with E-state index < -0.39 is 0 Å². The third-order valence-corrected chi connectivity index (χ3v) is 4.11. The van der Waals surface area contributed by atoms with Gasteiger partial charge in [0.15, 0.2) is 0 Å². The van der Waals surface area contributed by atoms with Crippen molar-refractivity contribution in [2.75, 3.05) is 16.8 Å². The van der Waals surface area contributed by atoms with Gasteiger partial charge in [0.25, 0.3) is 0 Å². The van der Waals surface area contributed by atoms with Crippen LogP contribution in [0.25, 0.3) is 0 Å². The van der Waals surface area contributed by atoms with Crippen molar-refractivity contribution in [3.8, 4) is 0 Å². The second kappa shape index (κ2) is 6.68. The number of thioether (sulfide) groups is 1. The molecule has 0 spiro atoms. The van der Waals surface area contributed by atoms with Crippen LogP contribution in [0.5, 0.6) is 0 Å². The molecule has 0 fully saturated rings. The van der Waals surface area contributed by atoms with Gasteiger partial charge in [-0.2, -0.15) is 0 Å². The van der Waals surface area contributed by atoms with Gasteiger partial charge in [-0.1, -0.05) is 11.6 Å². The van der Waals surface area contributed by atoms with Gasteiger partial charge in [0, 0.05) is 21.3 Å². The lowest BCUT2D eigenvalue weighted by Gasteiger charge is -2.07. The van der Waals surface area contributed by atoms with E-state index >= 15 is 0 Å². The monoisotopic (exact) mass is 306 g/mol. The van der Waals surface area contributed by atoms with Gasteiger partial charge in [-0.05, 0) is 55.0 Å². The molecule has 0 saturated carbocycles. The highest BCUT2D eigenvalue weighted by Gasteiger charge is 2.05. The molecule has 20 heavy (non-hydrogen) atoms. The summed E-state index contributed by atoms with van der Waals surface area (Å²) in [7, 11) is 0. The topological polar surface area (TPSA) is 55.1 Å². The molecule has 0 unspecified atom stereocenters. The van der Waals surface area contributed by atoms with Crippen LogP contribution in [-0.2, 0) is 4.79 Å². The van der Waals surface area contributed by atoms with Gasteiger partial charge in [0.05, 0.1) is 5.75 Å². The predicted molar refractivity (Wildman–Crippen MR) is 86.4 cm³/mol. The predicted octanol–water partition coefficient (Wildman–Crippen LogP) is 3.96. The minimum atomic E-state index is -0.0476. The number of nitrogens with two attached hydrogens (primary N) is 1. The Morgan fingerprint density at radius 2 is 1.95 bits per heavy atom. The molecule has 0 aromatic heterocycles. The fraction of sp³-hybridized carbons (Fsp3) is 0.133. The van der Waals surface area contributed by atoms with Gasteiger partial charge in [-0.15, -0.1) is 11.8 Å². The zero-order valence-corrected chi connectivity index (χ0v) is 12.6. The van der Waals surface area contributed by atoms with Crippen LogP contribution in [-0.4, -0.2) is 11.7 Å². The van der Waals surface area contributed by atoms with Crippen molar-refractivity contribution in [3.63, 3.8) is 0 Å². The number of amides is 1. The molecule has 5 heteroatoms. The van der Waals surface area contributed by atoms with Crippen molar-refractivity contribution in [2.45, 2.75) is 11.8 Å². The Balaban J connectivity index is 1.90. The Labute approximate surface area is 127 Å². The van der Waals surface area contributed by atoms with Gasteiger partial charge in [0.1, 0.15) is 0 Å². The number of benzene rings is 2. The summed E-state index contributed by atoms with van der Waals surface area (Å²) in [4.78, 5) is 12.9. The van der Waals surface area contributed by atoms with Crippen LogP contribution in [0.3, 0.4) is 0 Å². The van der Waals surface area contributed by atoms with Gasteiger partial charge in [-0.25, -0.2) is 0 Å². The van der Waals surface area contributed by atoms with Crippen molar-refractivity contribution < 1.29 is 4.79 Å². The quantitative estimate of drug-likeness (QED) is 0.664. The van der Waals surface area contributed by atoms with Crippen LogP contribution >= 0.6 is 23.4 Å². The summed E-state index contributed by atoms with van der Waals surface area (Å²) in [5.41, 5.74) is 8.25. The van der Waals surface area contributed by atoms with Crippen molar-refractivity contribution >= 4 is 40.6 Å². The normalized spacial score (nSPS) is 10.3. The second-order valence-electron chi connectivity index (χ2n) is 4.37. The van der Waals surface area contributed by atoms with Crippen LogP contribution in [0.15, 0.2) is 47.4 Å². The summed E-state index contributed by atoms with van der Waals surface area (Å²) in [6, 6.07) is 12.7. The van der Waals surface area contributed by atoms with Crippen LogP contribution in [0.1, 0.15) is 5.56 Å². The smallest absolute Gasteiger partial charge is 0.234 e. The van der Waals surface area contributed by atoms with Gasteiger partial charge in [-0.3, -0.25) is 4.79 Å². The maximum atomic E-state index is 11.9. The van der Waals surface area contributed by atoms with Crippen molar-refractivity contribution in [3.05, 3.63) is 53.1 Å². The van der Waals surface area contributed by atoms with E-state index in [1.54, 1.807) is 24.3 Å². The first-order valence-corrected chi connectivity index (χ1v) is 7.45. The minimum Gasteiger partial charge on any atom is -0.399 e. The molecular weight excluding hydrogens is 292 g/mol. The maximum Gasteiger partial charge on any atom is 0.234 e. The third-order valence-electron chi connectivity index (χ3n) is 2.69. The van der Waals surface area contributed by atoms with Crippen LogP contribution < -0.4 is 11.1 Å². The molecule has 0 bridgehead atoms. The van der Waals surface area contributed by atoms with Crippen molar-refractivity contribution in [2.24, 2.45) is 0 Å². The van der Waals surface area contributed by atoms with Crippen LogP contribution in [0.2, 0.25) is 5.02 Å². The number of hydrogen-bond donors (Lipinski definition) is 2. The molecule has 2 aromatic rings. The fourth-order valence-corrected chi connectivity index (χ4v) is 2.64. The molecule has 0 aliphatic carbocycles. The number of hydrogen-bond acceptors (Lipinski definition) is 3. The van der Waals surface area contributed by atoms with E-state index in [1.807, 2.05) is 25.1 Å². The van der Waals surface area contributed by atoms with E-state index in [-0.39, 0.29) is 5.91 Å². The van der Waals surface area contributed by atoms with E-state index in [4.69, 9.17) is 17.3 Å². The number of rotatable bonds is 4. The van der Waals surface area contributed by atoms with E-state index in [1.165, 1.54) is 11.8 Å². The van der Waals surface area contributed by atoms with Crippen molar-refractivity contribution in [1.82, 2.24) is 0 Å². The lowest BCUT2D eigenvalue weighted by molar-refractivity contribution is -0.113. The highest BCUT2D eigenvalue weighted by molar-refractivity contribution is 8.00. The molecule has 2 rings (SSSR count). The highest BCUT2D eigenvalue weighted by Crippen LogP contribution is 2.24. The minimum absolute atomic E-state index is 0.0476. The Bertz CT molecular complexity index is 614. The highest BCUT2D eigenvalue weighted by atomic mass is 35.5. The maximum absolute atomic E-state index is 11.9. The second-order valence-corrected chi connectivity index (χ2v) is 5.82. The average molecular weight is 307 g/mol. The molecule has 1 amide bonds. The molecule has 2 aromatic carbocycles. The Hall–Kier alpha value is -1.65. The summed E-state index contributed by atoms with van der Waals surface area (Å²) >= 11 is 7.29. The van der Waals surface area contributed by atoms with E-state index in [0.717, 1.165) is 21.8 Å². The van der Waals surface area contributed by atoms with Gasteiger partial charge >= 0.3 is 0 Å². The third kappa shape index (κ3) is 4.18.